The first-order valence-electron chi connectivity index (χ1n) is 5.80. The lowest BCUT2D eigenvalue weighted by molar-refractivity contribution is 0.958. The molecule has 0 saturated heterocycles. The maximum atomic E-state index is 4.42. The van der Waals surface area contributed by atoms with Gasteiger partial charge in [-0.15, -0.1) is 0 Å². The molecule has 19 heavy (non-hydrogen) atoms. The van der Waals surface area contributed by atoms with Crippen molar-refractivity contribution in [1.29, 1.82) is 0 Å². The normalized spacial score (nSPS) is 10.3. The topological polar surface area (TPSA) is 49.8 Å². The molecule has 0 aliphatic rings. The van der Waals surface area contributed by atoms with Crippen molar-refractivity contribution < 1.29 is 0 Å². The molecule has 1 aromatic heterocycles. The number of thioether (sulfide) groups is 1. The Morgan fingerprint density at radius 1 is 1.16 bits per heavy atom. The molecule has 2 aromatic rings. The van der Waals surface area contributed by atoms with Crippen molar-refractivity contribution in [2.24, 2.45) is 0 Å². The van der Waals surface area contributed by atoms with Gasteiger partial charge in [-0.05, 0) is 24.0 Å². The Bertz CT molecular complexity index is 523. The molecule has 0 saturated carbocycles. The summed E-state index contributed by atoms with van der Waals surface area (Å²) >= 11 is 4.95. The highest BCUT2D eigenvalue weighted by atomic mass is 79.9. The quantitative estimate of drug-likeness (QED) is 0.644. The Balaban J connectivity index is 2.08. The van der Waals surface area contributed by atoms with Crippen molar-refractivity contribution in [1.82, 2.24) is 9.97 Å². The van der Waals surface area contributed by atoms with Gasteiger partial charge in [0.15, 0.2) is 5.16 Å². The van der Waals surface area contributed by atoms with Crippen LogP contribution in [0.2, 0.25) is 0 Å². The van der Waals surface area contributed by atoms with Crippen molar-refractivity contribution in [3.05, 3.63) is 40.4 Å². The number of hydrogen-bond acceptors (Lipinski definition) is 5. The fourth-order valence-corrected chi connectivity index (χ4v) is 2.17. The van der Waals surface area contributed by atoms with Crippen molar-refractivity contribution >= 4 is 39.3 Å². The molecule has 0 amide bonds. The van der Waals surface area contributed by atoms with E-state index in [0.717, 1.165) is 27.8 Å². The zero-order chi connectivity index (χ0) is 13.7. The van der Waals surface area contributed by atoms with Crippen LogP contribution in [0.4, 0.5) is 11.6 Å². The van der Waals surface area contributed by atoms with Crippen molar-refractivity contribution in [2.75, 3.05) is 23.9 Å². The van der Waals surface area contributed by atoms with E-state index in [1.54, 1.807) is 0 Å². The van der Waals surface area contributed by atoms with Crippen LogP contribution in [-0.4, -0.2) is 23.3 Å². The van der Waals surface area contributed by atoms with Crippen molar-refractivity contribution in [3.63, 3.8) is 0 Å². The Labute approximate surface area is 125 Å². The van der Waals surface area contributed by atoms with Gasteiger partial charge in [-0.2, -0.15) is 0 Å². The van der Waals surface area contributed by atoms with E-state index in [1.807, 2.05) is 31.5 Å². The van der Waals surface area contributed by atoms with Crippen molar-refractivity contribution in [2.45, 2.75) is 11.7 Å². The number of nitrogens with zero attached hydrogens (tertiary/aromatic N) is 2. The molecular formula is C13H15BrN4S. The van der Waals surface area contributed by atoms with Gasteiger partial charge in [0.25, 0.3) is 0 Å². The van der Waals surface area contributed by atoms with Crippen LogP contribution in [0.25, 0.3) is 0 Å². The van der Waals surface area contributed by atoms with Gasteiger partial charge >= 0.3 is 0 Å². The zero-order valence-corrected chi connectivity index (χ0v) is 13.2. The number of nitrogens with one attached hydrogen (secondary N) is 2. The molecule has 2 N–H and O–H groups in total. The second-order valence-corrected chi connectivity index (χ2v) is 5.54. The van der Waals surface area contributed by atoms with Crippen LogP contribution in [0.15, 0.2) is 40.0 Å². The Hall–Kier alpha value is -1.27. The van der Waals surface area contributed by atoms with Gasteiger partial charge in [0, 0.05) is 24.1 Å². The first kappa shape index (κ1) is 14.1. The Morgan fingerprint density at radius 3 is 2.47 bits per heavy atom. The summed E-state index contributed by atoms with van der Waals surface area (Å²) in [6.07, 6.45) is 1.97. The van der Waals surface area contributed by atoms with Crippen LogP contribution >= 0.6 is 27.7 Å². The van der Waals surface area contributed by atoms with E-state index < -0.39 is 0 Å². The largest absolute Gasteiger partial charge is 0.373 e. The summed E-state index contributed by atoms with van der Waals surface area (Å²) in [7, 11) is 1.85. The second kappa shape index (κ2) is 6.77. The van der Waals surface area contributed by atoms with Crippen LogP contribution in [-0.2, 0) is 6.54 Å². The summed E-state index contributed by atoms with van der Waals surface area (Å²) in [5.74, 6) is 1.64. The van der Waals surface area contributed by atoms with Crippen molar-refractivity contribution in [3.8, 4) is 0 Å². The van der Waals surface area contributed by atoms with E-state index in [-0.39, 0.29) is 0 Å². The second-order valence-electron chi connectivity index (χ2n) is 3.86. The molecule has 0 unspecified atom stereocenters. The molecule has 0 aliphatic heterocycles. The molecule has 100 valence electrons. The number of anilines is 2. The summed E-state index contributed by atoms with van der Waals surface area (Å²) in [6.45, 7) is 0.737. The molecule has 1 aromatic carbocycles. The summed E-state index contributed by atoms with van der Waals surface area (Å²) in [5.41, 5.74) is 1.21. The van der Waals surface area contributed by atoms with Gasteiger partial charge in [-0.25, -0.2) is 9.97 Å². The average molecular weight is 339 g/mol. The van der Waals surface area contributed by atoms with E-state index in [9.17, 15) is 0 Å². The third kappa shape index (κ3) is 4.11. The van der Waals surface area contributed by atoms with Gasteiger partial charge in [0.1, 0.15) is 11.6 Å². The highest BCUT2D eigenvalue weighted by Crippen LogP contribution is 2.18. The molecule has 2 rings (SSSR count). The van der Waals surface area contributed by atoms with Gasteiger partial charge < -0.3 is 10.6 Å². The molecular weight excluding hydrogens is 324 g/mol. The van der Waals surface area contributed by atoms with E-state index in [2.05, 4.69) is 48.7 Å². The van der Waals surface area contributed by atoms with Gasteiger partial charge in [-0.3, -0.25) is 0 Å². The molecule has 0 atom stereocenters. The van der Waals surface area contributed by atoms with Gasteiger partial charge in [-0.1, -0.05) is 39.8 Å². The SMILES string of the molecule is CNc1cc(NCc2ccc(Br)cc2)nc(SC)n1. The molecule has 1 heterocycles. The van der Waals surface area contributed by atoms with E-state index in [1.165, 1.54) is 17.3 Å². The van der Waals surface area contributed by atoms with E-state index in [4.69, 9.17) is 0 Å². The minimum absolute atomic E-state index is 0.737. The van der Waals surface area contributed by atoms with Crippen LogP contribution in [0, 0.1) is 0 Å². The molecule has 0 radical (unpaired) electrons. The first-order valence-corrected chi connectivity index (χ1v) is 7.82. The van der Waals surface area contributed by atoms with Crippen LogP contribution < -0.4 is 10.6 Å². The minimum atomic E-state index is 0.737. The Kier molecular flexibility index (Phi) is 5.04. The summed E-state index contributed by atoms with van der Waals surface area (Å²) < 4.78 is 1.08. The lowest BCUT2D eigenvalue weighted by Gasteiger charge is -2.09. The van der Waals surface area contributed by atoms with Crippen LogP contribution in [0.1, 0.15) is 5.56 Å². The summed E-state index contributed by atoms with van der Waals surface area (Å²) in [4.78, 5) is 8.76. The molecule has 0 fully saturated rings. The average Bonchev–Trinajstić information content (AvgIpc) is 2.46. The smallest absolute Gasteiger partial charge is 0.191 e. The summed E-state index contributed by atoms with van der Waals surface area (Å²) in [5, 5.41) is 7.10. The number of aromatic nitrogens is 2. The number of benzene rings is 1. The van der Waals surface area contributed by atoms with Gasteiger partial charge in [0.05, 0.1) is 0 Å². The van der Waals surface area contributed by atoms with Gasteiger partial charge in [0.2, 0.25) is 0 Å². The maximum absolute atomic E-state index is 4.42. The standard InChI is InChI=1S/C13H15BrN4S/c1-15-11-7-12(18-13(17-11)19-2)16-8-9-3-5-10(14)6-4-9/h3-7H,8H2,1-2H3,(H2,15,16,17,18). The highest BCUT2D eigenvalue weighted by molar-refractivity contribution is 9.10. The lowest BCUT2D eigenvalue weighted by atomic mass is 10.2. The predicted molar refractivity (Wildman–Crippen MR) is 84.8 cm³/mol. The fourth-order valence-electron chi connectivity index (χ4n) is 1.53. The first-order chi connectivity index (χ1) is 9.21. The number of rotatable bonds is 5. The molecule has 4 nitrogen and oxygen atoms in total. The maximum Gasteiger partial charge on any atom is 0.191 e. The Morgan fingerprint density at radius 2 is 1.84 bits per heavy atom. The fraction of sp³-hybridized carbons (Fsp3) is 0.231. The molecule has 6 heteroatoms. The van der Waals surface area contributed by atoms with E-state index >= 15 is 0 Å². The lowest BCUT2D eigenvalue weighted by Crippen LogP contribution is -2.04. The predicted octanol–water partition coefficient (Wildman–Crippen LogP) is 3.61. The zero-order valence-electron chi connectivity index (χ0n) is 10.8. The number of halogens is 1. The van der Waals surface area contributed by atoms with Crippen LogP contribution in [0.3, 0.4) is 0 Å². The molecule has 0 bridgehead atoms. The third-order valence-corrected chi connectivity index (χ3v) is 3.61. The molecule has 0 spiro atoms. The minimum Gasteiger partial charge on any atom is -0.373 e. The monoisotopic (exact) mass is 338 g/mol. The highest BCUT2D eigenvalue weighted by Gasteiger charge is 2.02. The molecule has 0 aliphatic carbocycles. The third-order valence-electron chi connectivity index (χ3n) is 2.53. The number of hydrogen-bond donors (Lipinski definition) is 2. The summed E-state index contributed by atoms with van der Waals surface area (Å²) in [6, 6.07) is 10.1. The van der Waals surface area contributed by atoms with Crippen LogP contribution in [0.5, 0.6) is 0 Å². The van der Waals surface area contributed by atoms with E-state index in [0.29, 0.717) is 0 Å².